The molecule has 0 saturated carbocycles. The standard InChI is InChI=1S/C12H13NO6S2/c1-19-12(16)8-4-2-3-5-10(8)21(17,18)13-7-20-6-9(13)11(14)15/h2-5,9H,6-7H2,1H3,(H,14,15). The summed E-state index contributed by atoms with van der Waals surface area (Å²) < 4.78 is 30.7. The Morgan fingerprint density at radius 1 is 1.38 bits per heavy atom. The molecule has 0 spiro atoms. The molecule has 1 N–H and O–H groups in total. The molecular formula is C12H13NO6S2. The number of carbonyl (C=O) groups is 2. The van der Waals surface area contributed by atoms with Gasteiger partial charge in [0.05, 0.1) is 23.4 Å². The maximum absolute atomic E-state index is 12.6. The van der Waals surface area contributed by atoms with Crippen molar-refractivity contribution in [1.29, 1.82) is 0 Å². The molecule has 2 rings (SSSR count). The number of hydrogen-bond donors (Lipinski definition) is 1. The molecule has 1 fully saturated rings. The molecule has 0 aliphatic carbocycles. The molecule has 21 heavy (non-hydrogen) atoms. The maximum Gasteiger partial charge on any atom is 0.339 e. The third-order valence-electron chi connectivity index (χ3n) is 3.01. The van der Waals surface area contributed by atoms with E-state index < -0.39 is 28.0 Å². The van der Waals surface area contributed by atoms with Crippen molar-refractivity contribution in [3.8, 4) is 0 Å². The van der Waals surface area contributed by atoms with Gasteiger partial charge in [0.25, 0.3) is 0 Å². The summed E-state index contributed by atoms with van der Waals surface area (Å²) in [6.07, 6.45) is 0. The van der Waals surface area contributed by atoms with E-state index in [-0.39, 0.29) is 22.1 Å². The molecule has 1 unspecified atom stereocenters. The van der Waals surface area contributed by atoms with Crippen molar-refractivity contribution in [3.63, 3.8) is 0 Å². The van der Waals surface area contributed by atoms with Crippen LogP contribution < -0.4 is 0 Å². The first-order valence-corrected chi connectivity index (χ1v) is 8.49. The molecule has 1 aromatic rings. The number of aliphatic carboxylic acids is 1. The number of esters is 1. The van der Waals surface area contributed by atoms with E-state index in [1.165, 1.54) is 36.0 Å². The van der Waals surface area contributed by atoms with Gasteiger partial charge in [-0.25, -0.2) is 13.2 Å². The van der Waals surface area contributed by atoms with Crippen LogP contribution in [0.15, 0.2) is 29.2 Å². The van der Waals surface area contributed by atoms with Gasteiger partial charge in [-0.3, -0.25) is 4.79 Å². The van der Waals surface area contributed by atoms with E-state index in [1.54, 1.807) is 0 Å². The Morgan fingerprint density at radius 2 is 2.05 bits per heavy atom. The summed E-state index contributed by atoms with van der Waals surface area (Å²) >= 11 is 1.21. The van der Waals surface area contributed by atoms with E-state index >= 15 is 0 Å². The molecule has 0 radical (unpaired) electrons. The highest BCUT2D eigenvalue weighted by atomic mass is 32.2. The Hall–Kier alpha value is -1.58. The Balaban J connectivity index is 2.50. The van der Waals surface area contributed by atoms with Crippen LogP contribution in [-0.4, -0.2) is 54.5 Å². The summed E-state index contributed by atoms with van der Waals surface area (Å²) in [7, 11) is -2.94. The van der Waals surface area contributed by atoms with E-state index in [2.05, 4.69) is 4.74 Å². The van der Waals surface area contributed by atoms with Gasteiger partial charge in [-0.15, -0.1) is 11.8 Å². The third-order valence-corrected chi connectivity index (χ3v) is 6.09. The van der Waals surface area contributed by atoms with Gasteiger partial charge in [-0.05, 0) is 12.1 Å². The van der Waals surface area contributed by atoms with Crippen LogP contribution in [0.25, 0.3) is 0 Å². The fraction of sp³-hybridized carbons (Fsp3) is 0.333. The first-order chi connectivity index (χ1) is 9.89. The smallest absolute Gasteiger partial charge is 0.339 e. The van der Waals surface area contributed by atoms with E-state index in [1.807, 2.05) is 0 Å². The maximum atomic E-state index is 12.6. The first kappa shape index (κ1) is 15.8. The van der Waals surface area contributed by atoms with Crippen LogP contribution in [0.3, 0.4) is 0 Å². The molecule has 1 heterocycles. The number of carboxylic acids is 1. The lowest BCUT2D eigenvalue weighted by molar-refractivity contribution is -0.140. The van der Waals surface area contributed by atoms with Gasteiger partial charge >= 0.3 is 11.9 Å². The van der Waals surface area contributed by atoms with Gasteiger partial charge < -0.3 is 9.84 Å². The molecule has 1 atom stereocenters. The minimum absolute atomic E-state index is 0.0365. The SMILES string of the molecule is COC(=O)c1ccccc1S(=O)(=O)N1CSCC1C(=O)O. The molecular weight excluding hydrogens is 318 g/mol. The Labute approximate surface area is 125 Å². The number of sulfonamides is 1. The molecule has 114 valence electrons. The van der Waals surface area contributed by atoms with Gasteiger partial charge in [0.1, 0.15) is 6.04 Å². The van der Waals surface area contributed by atoms with E-state index in [4.69, 9.17) is 5.11 Å². The van der Waals surface area contributed by atoms with Crippen LogP contribution in [0, 0.1) is 0 Å². The number of carboxylic acid groups (broad SMARTS) is 1. The Morgan fingerprint density at radius 3 is 2.67 bits per heavy atom. The van der Waals surface area contributed by atoms with E-state index in [0.29, 0.717) is 0 Å². The van der Waals surface area contributed by atoms with Crippen LogP contribution in [-0.2, 0) is 19.6 Å². The highest BCUT2D eigenvalue weighted by Gasteiger charge is 2.41. The Kier molecular flexibility index (Phi) is 4.55. The van der Waals surface area contributed by atoms with Crippen molar-refractivity contribution in [2.24, 2.45) is 0 Å². The van der Waals surface area contributed by atoms with Gasteiger partial charge in [0.2, 0.25) is 10.0 Å². The fourth-order valence-electron chi connectivity index (χ4n) is 1.96. The summed E-state index contributed by atoms with van der Waals surface area (Å²) in [6, 6.07) is 4.45. The number of methoxy groups -OCH3 is 1. The topological polar surface area (TPSA) is 101 Å². The minimum Gasteiger partial charge on any atom is -0.480 e. The summed E-state index contributed by atoms with van der Waals surface area (Å²) in [6.45, 7) is 0. The quantitative estimate of drug-likeness (QED) is 0.807. The van der Waals surface area contributed by atoms with Crippen molar-refractivity contribution < 1.29 is 27.9 Å². The van der Waals surface area contributed by atoms with Crippen molar-refractivity contribution >= 4 is 33.7 Å². The van der Waals surface area contributed by atoms with Crippen LogP contribution in [0.1, 0.15) is 10.4 Å². The molecule has 0 aromatic heterocycles. The lowest BCUT2D eigenvalue weighted by Crippen LogP contribution is -2.42. The summed E-state index contributed by atoms with van der Waals surface area (Å²) in [5.41, 5.74) is -0.110. The summed E-state index contributed by atoms with van der Waals surface area (Å²) in [4.78, 5) is 22.6. The summed E-state index contributed by atoms with van der Waals surface area (Å²) in [5.74, 6) is -1.78. The highest BCUT2D eigenvalue weighted by molar-refractivity contribution is 8.00. The number of rotatable bonds is 4. The number of ether oxygens (including phenoxy) is 1. The molecule has 1 aliphatic heterocycles. The second-order valence-corrected chi connectivity index (χ2v) is 7.09. The second-order valence-electron chi connectivity index (χ2n) is 4.23. The van der Waals surface area contributed by atoms with Crippen LogP contribution >= 0.6 is 11.8 Å². The van der Waals surface area contributed by atoms with E-state index in [9.17, 15) is 18.0 Å². The largest absolute Gasteiger partial charge is 0.480 e. The number of thioether (sulfide) groups is 1. The van der Waals surface area contributed by atoms with Crippen LogP contribution in [0.2, 0.25) is 0 Å². The molecule has 1 aliphatic rings. The molecule has 9 heteroatoms. The normalized spacial score (nSPS) is 19.4. The molecule has 1 aromatic carbocycles. The predicted octanol–water partition coefficient (Wildman–Crippen LogP) is 0.621. The van der Waals surface area contributed by atoms with Gasteiger partial charge in [0.15, 0.2) is 0 Å². The number of benzene rings is 1. The number of carbonyl (C=O) groups excluding carboxylic acids is 1. The molecule has 0 bridgehead atoms. The van der Waals surface area contributed by atoms with Crippen molar-refractivity contribution in [3.05, 3.63) is 29.8 Å². The van der Waals surface area contributed by atoms with Crippen molar-refractivity contribution in [2.45, 2.75) is 10.9 Å². The minimum atomic E-state index is -4.09. The van der Waals surface area contributed by atoms with Gasteiger partial charge in [-0.1, -0.05) is 12.1 Å². The third kappa shape index (κ3) is 2.89. The Bertz CT molecular complexity index is 672. The van der Waals surface area contributed by atoms with Gasteiger partial charge in [-0.2, -0.15) is 4.31 Å². The average Bonchev–Trinajstić information content (AvgIpc) is 2.97. The highest BCUT2D eigenvalue weighted by Crippen LogP contribution is 2.30. The number of nitrogens with zero attached hydrogens (tertiary/aromatic N) is 1. The van der Waals surface area contributed by atoms with E-state index in [0.717, 1.165) is 11.4 Å². The average molecular weight is 331 g/mol. The van der Waals surface area contributed by atoms with Crippen molar-refractivity contribution in [1.82, 2.24) is 4.31 Å². The zero-order valence-corrected chi connectivity index (χ0v) is 12.7. The predicted molar refractivity (Wildman–Crippen MR) is 75.6 cm³/mol. The molecule has 0 amide bonds. The lowest BCUT2D eigenvalue weighted by Gasteiger charge is -2.21. The monoisotopic (exact) mass is 331 g/mol. The van der Waals surface area contributed by atoms with Crippen LogP contribution in [0.4, 0.5) is 0 Å². The van der Waals surface area contributed by atoms with Crippen LogP contribution in [0.5, 0.6) is 0 Å². The lowest BCUT2D eigenvalue weighted by atomic mass is 10.2. The molecule has 7 nitrogen and oxygen atoms in total. The molecule has 1 saturated heterocycles. The summed E-state index contributed by atoms with van der Waals surface area (Å²) in [5, 5.41) is 9.11. The van der Waals surface area contributed by atoms with Gasteiger partial charge in [0, 0.05) is 5.75 Å². The second kappa shape index (κ2) is 6.04. The van der Waals surface area contributed by atoms with Crippen molar-refractivity contribution in [2.75, 3.05) is 18.7 Å². The first-order valence-electron chi connectivity index (χ1n) is 5.89. The zero-order chi connectivity index (χ0) is 15.6. The fourth-order valence-corrected chi connectivity index (χ4v) is 5.27. The number of hydrogen-bond acceptors (Lipinski definition) is 6. The zero-order valence-electron chi connectivity index (χ0n) is 11.1.